The van der Waals surface area contributed by atoms with Crippen LogP contribution >= 0.6 is 23.4 Å². The first-order valence-corrected chi connectivity index (χ1v) is 8.59. The average Bonchev–Trinajstić information content (AvgIpc) is 3.18. The van der Waals surface area contributed by atoms with Crippen LogP contribution in [0.3, 0.4) is 0 Å². The molecule has 20 heavy (non-hydrogen) atoms. The van der Waals surface area contributed by atoms with E-state index in [9.17, 15) is 4.79 Å². The highest BCUT2D eigenvalue weighted by Gasteiger charge is 2.59. The van der Waals surface area contributed by atoms with Gasteiger partial charge in [-0.05, 0) is 36.8 Å². The van der Waals surface area contributed by atoms with Crippen LogP contribution in [0.25, 0.3) is 0 Å². The SMILES string of the molecule is CSC(C)CN1C(=O)C2(CC2)NC1c1ccc(Cl)cc1. The Bertz CT molecular complexity index is 515. The molecule has 2 unspecified atom stereocenters. The molecule has 108 valence electrons. The van der Waals surface area contributed by atoms with Crippen molar-refractivity contribution in [1.82, 2.24) is 10.2 Å². The topological polar surface area (TPSA) is 32.3 Å². The molecule has 3 nitrogen and oxygen atoms in total. The number of nitrogens with one attached hydrogen (secondary N) is 1. The van der Waals surface area contributed by atoms with E-state index < -0.39 is 0 Å². The first-order valence-electron chi connectivity index (χ1n) is 6.93. The zero-order valence-electron chi connectivity index (χ0n) is 11.7. The Morgan fingerprint density at radius 3 is 2.65 bits per heavy atom. The minimum absolute atomic E-state index is 0.0168. The van der Waals surface area contributed by atoms with Gasteiger partial charge in [-0.25, -0.2) is 0 Å². The van der Waals surface area contributed by atoms with Crippen molar-refractivity contribution in [3.8, 4) is 0 Å². The maximum Gasteiger partial charge on any atom is 0.244 e. The Kier molecular flexibility index (Phi) is 3.73. The van der Waals surface area contributed by atoms with Gasteiger partial charge in [-0.1, -0.05) is 30.7 Å². The molecule has 1 N–H and O–H groups in total. The van der Waals surface area contributed by atoms with Gasteiger partial charge in [0.15, 0.2) is 0 Å². The number of nitrogens with zero attached hydrogens (tertiary/aromatic N) is 1. The van der Waals surface area contributed by atoms with E-state index in [0.717, 1.165) is 30.0 Å². The molecule has 1 heterocycles. The third kappa shape index (κ3) is 2.45. The largest absolute Gasteiger partial charge is 0.320 e. The van der Waals surface area contributed by atoms with E-state index in [0.29, 0.717) is 5.25 Å². The predicted molar refractivity (Wildman–Crippen MR) is 84.0 cm³/mol. The van der Waals surface area contributed by atoms with E-state index >= 15 is 0 Å². The molecule has 0 aromatic heterocycles. The maximum absolute atomic E-state index is 12.6. The lowest BCUT2D eigenvalue weighted by Gasteiger charge is -2.26. The highest BCUT2D eigenvalue weighted by atomic mass is 35.5. The molecule has 2 aliphatic rings. The molecule has 1 aromatic carbocycles. The van der Waals surface area contributed by atoms with Gasteiger partial charge < -0.3 is 4.90 Å². The third-order valence-corrected chi connectivity index (χ3v) is 5.39. The second-order valence-corrected chi connectivity index (χ2v) is 7.40. The number of amides is 1. The van der Waals surface area contributed by atoms with Crippen LogP contribution in [0.4, 0.5) is 0 Å². The number of halogens is 1. The van der Waals surface area contributed by atoms with E-state index in [1.54, 1.807) is 11.8 Å². The fourth-order valence-corrected chi connectivity index (χ4v) is 3.16. The van der Waals surface area contributed by atoms with Crippen LogP contribution < -0.4 is 5.32 Å². The Hall–Kier alpha value is -0.710. The smallest absolute Gasteiger partial charge is 0.244 e. The summed E-state index contributed by atoms with van der Waals surface area (Å²) in [6.07, 6.45) is 3.99. The molecular formula is C15H19ClN2OS. The van der Waals surface area contributed by atoms with Crippen molar-refractivity contribution in [2.45, 2.75) is 36.7 Å². The van der Waals surface area contributed by atoms with Crippen molar-refractivity contribution in [3.63, 3.8) is 0 Å². The molecule has 1 aliphatic heterocycles. The quantitative estimate of drug-likeness (QED) is 0.927. The monoisotopic (exact) mass is 310 g/mol. The van der Waals surface area contributed by atoms with E-state index in [2.05, 4.69) is 18.5 Å². The van der Waals surface area contributed by atoms with Crippen molar-refractivity contribution >= 4 is 29.3 Å². The van der Waals surface area contributed by atoms with Gasteiger partial charge >= 0.3 is 0 Å². The molecule has 1 spiro atoms. The fraction of sp³-hybridized carbons (Fsp3) is 0.533. The molecule has 2 fully saturated rings. The predicted octanol–water partition coefficient (Wildman–Crippen LogP) is 3.05. The van der Waals surface area contributed by atoms with Crippen LogP contribution in [-0.2, 0) is 4.79 Å². The summed E-state index contributed by atoms with van der Waals surface area (Å²) in [6.45, 7) is 2.94. The Labute approximate surface area is 129 Å². The second kappa shape index (κ2) is 5.24. The van der Waals surface area contributed by atoms with Crippen LogP contribution in [0, 0.1) is 0 Å². The number of hydrogen-bond acceptors (Lipinski definition) is 3. The number of carbonyl (C=O) groups excluding carboxylic acids is 1. The molecule has 2 atom stereocenters. The molecule has 0 bridgehead atoms. The Morgan fingerprint density at radius 2 is 2.10 bits per heavy atom. The van der Waals surface area contributed by atoms with Gasteiger partial charge in [0.1, 0.15) is 11.7 Å². The summed E-state index contributed by atoms with van der Waals surface area (Å²) in [5.41, 5.74) is 0.836. The molecule has 1 saturated heterocycles. The Morgan fingerprint density at radius 1 is 1.45 bits per heavy atom. The Balaban J connectivity index is 1.87. The zero-order valence-corrected chi connectivity index (χ0v) is 13.3. The maximum atomic E-state index is 12.6. The van der Waals surface area contributed by atoms with Gasteiger partial charge in [0.05, 0.1) is 0 Å². The summed E-state index contributed by atoms with van der Waals surface area (Å²) in [5, 5.41) is 4.69. The van der Waals surface area contributed by atoms with Crippen molar-refractivity contribution in [2.75, 3.05) is 12.8 Å². The number of thioether (sulfide) groups is 1. The molecule has 3 rings (SSSR count). The minimum Gasteiger partial charge on any atom is -0.320 e. The van der Waals surface area contributed by atoms with Crippen LogP contribution in [0.15, 0.2) is 24.3 Å². The first-order chi connectivity index (χ1) is 9.55. The summed E-state index contributed by atoms with van der Waals surface area (Å²) in [4.78, 5) is 14.6. The van der Waals surface area contributed by atoms with E-state index in [-0.39, 0.29) is 17.6 Å². The lowest BCUT2D eigenvalue weighted by molar-refractivity contribution is -0.130. The number of benzene rings is 1. The van der Waals surface area contributed by atoms with Gasteiger partial charge in [0, 0.05) is 16.8 Å². The summed E-state index contributed by atoms with van der Waals surface area (Å²) in [5.74, 6) is 0.262. The van der Waals surface area contributed by atoms with Gasteiger partial charge in [0.2, 0.25) is 5.91 Å². The van der Waals surface area contributed by atoms with Gasteiger partial charge in [0.25, 0.3) is 0 Å². The lowest BCUT2D eigenvalue weighted by Crippen LogP contribution is -2.36. The van der Waals surface area contributed by atoms with Gasteiger partial charge in [-0.3, -0.25) is 10.1 Å². The van der Waals surface area contributed by atoms with Gasteiger partial charge in [-0.2, -0.15) is 11.8 Å². The third-order valence-electron chi connectivity index (χ3n) is 4.19. The molecule has 5 heteroatoms. The standard InChI is InChI=1S/C15H19ClN2OS/c1-10(20-2)9-18-13(11-3-5-12(16)6-4-11)17-15(7-8-15)14(18)19/h3-6,10,13,17H,7-9H2,1-2H3. The van der Waals surface area contributed by atoms with Crippen molar-refractivity contribution in [3.05, 3.63) is 34.9 Å². The van der Waals surface area contributed by atoms with E-state index in [1.165, 1.54) is 0 Å². The number of rotatable bonds is 4. The van der Waals surface area contributed by atoms with E-state index in [4.69, 9.17) is 11.6 Å². The zero-order chi connectivity index (χ0) is 14.3. The van der Waals surface area contributed by atoms with E-state index in [1.807, 2.05) is 29.2 Å². The summed E-state index contributed by atoms with van der Waals surface area (Å²) >= 11 is 7.75. The number of hydrogen-bond donors (Lipinski definition) is 1. The first kappa shape index (κ1) is 14.2. The highest BCUT2D eigenvalue weighted by Crippen LogP contribution is 2.46. The van der Waals surface area contributed by atoms with Gasteiger partial charge in [-0.15, -0.1) is 0 Å². The summed E-state index contributed by atoms with van der Waals surface area (Å²) < 4.78 is 0. The van der Waals surface area contributed by atoms with Crippen LogP contribution in [0.1, 0.15) is 31.5 Å². The van der Waals surface area contributed by atoms with Crippen LogP contribution in [-0.4, -0.2) is 34.4 Å². The average molecular weight is 311 g/mol. The minimum atomic E-state index is -0.275. The molecule has 0 radical (unpaired) electrons. The normalized spacial score (nSPS) is 25.2. The molecule has 1 aromatic rings. The summed E-state index contributed by atoms with van der Waals surface area (Å²) in [6, 6.07) is 7.78. The second-order valence-electron chi connectivity index (χ2n) is 5.68. The summed E-state index contributed by atoms with van der Waals surface area (Å²) in [7, 11) is 0. The highest BCUT2D eigenvalue weighted by molar-refractivity contribution is 7.99. The fourth-order valence-electron chi connectivity index (χ4n) is 2.72. The van der Waals surface area contributed by atoms with Crippen molar-refractivity contribution in [1.29, 1.82) is 0 Å². The van der Waals surface area contributed by atoms with Crippen molar-refractivity contribution in [2.24, 2.45) is 0 Å². The number of carbonyl (C=O) groups is 1. The molecule has 1 saturated carbocycles. The lowest BCUT2D eigenvalue weighted by atomic mass is 10.1. The van der Waals surface area contributed by atoms with Crippen LogP contribution in [0.2, 0.25) is 5.02 Å². The van der Waals surface area contributed by atoms with Crippen LogP contribution in [0.5, 0.6) is 0 Å². The molecular weight excluding hydrogens is 292 g/mol. The molecule has 1 aliphatic carbocycles. The van der Waals surface area contributed by atoms with Crippen molar-refractivity contribution < 1.29 is 4.79 Å². The molecule has 1 amide bonds.